The highest BCUT2D eigenvalue weighted by Crippen LogP contribution is 2.25. The Morgan fingerprint density at radius 3 is 2.38 bits per heavy atom. The number of sulfonamides is 1. The molecule has 120 valence electrons. The van der Waals surface area contributed by atoms with Crippen LogP contribution in [0.4, 0.5) is 8.78 Å². The highest BCUT2D eigenvalue weighted by Gasteiger charge is 2.31. The molecule has 1 atom stereocenters. The summed E-state index contributed by atoms with van der Waals surface area (Å²) in [6.07, 6.45) is 0.610. The molecule has 1 aromatic rings. The van der Waals surface area contributed by atoms with Crippen LogP contribution in [0, 0.1) is 11.6 Å². The molecule has 0 aliphatic carbocycles. The highest BCUT2D eigenvalue weighted by atomic mass is 32.2. The Kier molecular flexibility index (Phi) is 6.24. The molecule has 7 heteroatoms. The van der Waals surface area contributed by atoms with E-state index >= 15 is 0 Å². The fourth-order valence-corrected chi connectivity index (χ4v) is 3.97. The van der Waals surface area contributed by atoms with E-state index in [2.05, 4.69) is 5.32 Å². The van der Waals surface area contributed by atoms with Crippen molar-refractivity contribution in [1.82, 2.24) is 9.62 Å². The standard InChI is InChI=1S/C14H22F2N2O2S/c1-5-10(3)18(6-2)21(19,20)13-8-7-12(15)11(9-17-4)14(13)16/h7-8,10,17H,5-6,9H2,1-4H3. The molecule has 21 heavy (non-hydrogen) atoms. The lowest BCUT2D eigenvalue weighted by Crippen LogP contribution is -2.38. The second kappa shape index (κ2) is 7.29. The number of rotatable bonds is 7. The molecule has 0 fully saturated rings. The predicted octanol–water partition coefficient (Wildman–Crippen LogP) is 2.49. The zero-order chi connectivity index (χ0) is 16.2. The van der Waals surface area contributed by atoms with Gasteiger partial charge in [-0.05, 0) is 32.5 Å². The average molecular weight is 320 g/mol. The molecular weight excluding hydrogens is 298 g/mol. The van der Waals surface area contributed by atoms with Gasteiger partial charge in [0.2, 0.25) is 10.0 Å². The third-order valence-electron chi connectivity index (χ3n) is 3.48. The van der Waals surface area contributed by atoms with Gasteiger partial charge in [0, 0.05) is 24.7 Å². The Hall–Kier alpha value is -1.05. The van der Waals surface area contributed by atoms with Gasteiger partial charge in [-0.2, -0.15) is 4.31 Å². The monoisotopic (exact) mass is 320 g/mol. The normalized spacial score (nSPS) is 13.7. The molecule has 0 aliphatic heterocycles. The van der Waals surface area contributed by atoms with Crippen LogP contribution in [-0.4, -0.2) is 32.4 Å². The van der Waals surface area contributed by atoms with Crippen molar-refractivity contribution in [3.8, 4) is 0 Å². The van der Waals surface area contributed by atoms with E-state index in [0.717, 1.165) is 12.1 Å². The van der Waals surface area contributed by atoms with Crippen LogP contribution in [0.1, 0.15) is 32.8 Å². The van der Waals surface area contributed by atoms with Gasteiger partial charge >= 0.3 is 0 Å². The first kappa shape index (κ1) is 18.0. The Morgan fingerprint density at radius 1 is 1.29 bits per heavy atom. The second-order valence-corrected chi connectivity index (χ2v) is 6.69. The van der Waals surface area contributed by atoms with Crippen molar-refractivity contribution in [1.29, 1.82) is 0 Å². The van der Waals surface area contributed by atoms with Crippen molar-refractivity contribution in [2.24, 2.45) is 0 Å². The van der Waals surface area contributed by atoms with Crippen LogP contribution in [0.3, 0.4) is 0 Å². The van der Waals surface area contributed by atoms with Crippen LogP contribution in [0.2, 0.25) is 0 Å². The van der Waals surface area contributed by atoms with Crippen molar-refractivity contribution in [3.05, 3.63) is 29.3 Å². The van der Waals surface area contributed by atoms with Gasteiger partial charge < -0.3 is 5.32 Å². The summed E-state index contributed by atoms with van der Waals surface area (Å²) in [6, 6.07) is 1.73. The summed E-state index contributed by atoms with van der Waals surface area (Å²) in [6.45, 7) is 5.47. The zero-order valence-electron chi connectivity index (χ0n) is 12.8. The van der Waals surface area contributed by atoms with E-state index in [1.54, 1.807) is 13.8 Å². The van der Waals surface area contributed by atoms with E-state index in [0.29, 0.717) is 6.42 Å². The third-order valence-corrected chi connectivity index (χ3v) is 5.59. The van der Waals surface area contributed by atoms with E-state index in [4.69, 9.17) is 0 Å². The fraction of sp³-hybridized carbons (Fsp3) is 0.571. The van der Waals surface area contributed by atoms with Crippen molar-refractivity contribution in [3.63, 3.8) is 0 Å². The summed E-state index contributed by atoms with van der Waals surface area (Å²) in [4.78, 5) is -0.476. The summed E-state index contributed by atoms with van der Waals surface area (Å²) < 4.78 is 54.4. The molecule has 0 radical (unpaired) electrons. The van der Waals surface area contributed by atoms with E-state index in [9.17, 15) is 17.2 Å². The molecule has 0 aliphatic rings. The predicted molar refractivity (Wildman–Crippen MR) is 78.4 cm³/mol. The first-order chi connectivity index (χ1) is 9.81. The topological polar surface area (TPSA) is 49.4 Å². The lowest BCUT2D eigenvalue weighted by Gasteiger charge is -2.26. The van der Waals surface area contributed by atoms with Gasteiger partial charge in [-0.25, -0.2) is 17.2 Å². The molecule has 4 nitrogen and oxygen atoms in total. The lowest BCUT2D eigenvalue weighted by molar-refractivity contribution is 0.340. The number of benzene rings is 1. The summed E-state index contributed by atoms with van der Waals surface area (Å²) >= 11 is 0. The van der Waals surface area contributed by atoms with Gasteiger partial charge in [0.05, 0.1) is 0 Å². The molecule has 1 rings (SSSR count). The van der Waals surface area contributed by atoms with Gasteiger partial charge in [-0.1, -0.05) is 13.8 Å². The summed E-state index contributed by atoms with van der Waals surface area (Å²) in [5.41, 5.74) is -0.265. The van der Waals surface area contributed by atoms with Crippen LogP contribution in [0.15, 0.2) is 17.0 Å². The van der Waals surface area contributed by atoms with Gasteiger partial charge in [-0.15, -0.1) is 0 Å². The van der Waals surface area contributed by atoms with Gasteiger partial charge in [0.1, 0.15) is 10.7 Å². The first-order valence-corrected chi connectivity index (χ1v) is 8.38. The lowest BCUT2D eigenvalue weighted by atomic mass is 10.2. The van der Waals surface area contributed by atoms with Crippen molar-refractivity contribution in [2.45, 2.75) is 44.7 Å². The van der Waals surface area contributed by atoms with Gasteiger partial charge in [0.15, 0.2) is 5.82 Å². The summed E-state index contributed by atoms with van der Waals surface area (Å²) in [5, 5.41) is 2.63. The number of hydrogen-bond acceptors (Lipinski definition) is 3. The number of hydrogen-bond donors (Lipinski definition) is 1. The minimum Gasteiger partial charge on any atom is -0.315 e. The van der Waals surface area contributed by atoms with Crippen LogP contribution in [0.25, 0.3) is 0 Å². The Labute approximate surface area is 125 Å². The minimum absolute atomic E-state index is 0.0729. The molecule has 0 saturated carbocycles. The van der Waals surface area contributed by atoms with Crippen LogP contribution < -0.4 is 5.32 Å². The molecule has 1 N–H and O–H groups in total. The smallest absolute Gasteiger partial charge is 0.246 e. The fourth-order valence-electron chi connectivity index (χ4n) is 2.16. The molecule has 1 unspecified atom stereocenters. The Morgan fingerprint density at radius 2 is 1.90 bits per heavy atom. The van der Waals surface area contributed by atoms with Gasteiger partial charge in [0.25, 0.3) is 0 Å². The van der Waals surface area contributed by atoms with E-state index in [-0.39, 0.29) is 24.7 Å². The molecule has 0 saturated heterocycles. The average Bonchev–Trinajstić information content (AvgIpc) is 2.43. The van der Waals surface area contributed by atoms with E-state index in [1.165, 1.54) is 11.4 Å². The first-order valence-electron chi connectivity index (χ1n) is 6.94. The largest absolute Gasteiger partial charge is 0.315 e. The molecule has 0 heterocycles. The number of nitrogens with zero attached hydrogens (tertiary/aromatic N) is 1. The summed E-state index contributed by atoms with van der Waals surface area (Å²) in [7, 11) is -2.45. The van der Waals surface area contributed by atoms with Crippen LogP contribution >= 0.6 is 0 Å². The maximum Gasteiger partial charge on any atom is 0.246 e. The highest BCUT2D eigenvalue weighted by molar-refractivity contribution is 7.89. The maximum absolute atomic E-state index is 14.4. The van der Waals surface area contributed by atoms with Gasteiger partial charge in [-0.3, -0.25) is 0 Å². The summed E-state index contributed by atoms with van der Waals surface area (Å²) in [5.74, 6) is -1.78. The molecule has 0 spiro atoms. The van der Waals surface area contributed by atoms with Crippen molar-refractivity contribution >= 4 is 10.0 Å². The molecule has 0 amide bonds. The minimum atomic E-state index is -3.99. The SMILES string of the molecule is CCC(C)N(CC)S(=O)(=O)c1ccc(F)c(CNC)c1F. The Balaban J connectivity index is 3.41. The van der Waals surface area contributed by atoms with Crippen molar-refractivity contribution < 1.29 is 17.2 Å². The maximum atomic E-state index is 14.4. The zero-order valence-corrected chi connectivity index (χ0v) is 13.6. The van der Waals surface area contributed by atoms with E-state index in [1.807, 2.05) is 6.92 Å². The third kappa shape index (κ3) is 3.59. The number of halogens is 2. The second-order valence-electron chi connectivity index (χ2n) is 4.83. The molecule has 0 aromatic heterocycles. The van der Waals surface area contributed by atoms with Crippen LogP contribution in [-0.2, 0) is 16.6 Å². The molecule has 0 bridgehead atoms. The number of nitrogens with one attached hydrogen (secondary N) is 1. The molecule has 1 aromatic carbocycles. The van der Waals surface area contributed by atoms with Crippen molar-refractivity contribution in [2.75, 3.05) is 13.6 Å². The quantitative estimate of drug-likeness (QED) is 0.840. The Bertz CT molecular complexity index is 591. The molecular formula is C14H22F2N2O2S. The van der Waals surface area contributed by atoms with E-state index < -0.39 is 26.6 Å². The van der Waals surface area contributed by atoms with Crippen LogP contribution in [0.5, 0.6) is 0 Å².